The molecule has 3 aromatic carbocycles. The van der Waals surface area contributed by atoms with E-state index in [1.54, 1.807) is 43.5 Å². The minimum absolute atomic E-state index is 0.277. The molecule has 5 nitrogen and oxygen atoms in total. The Balaban J connectivity index is 1.55. The second kappa shape index (κ2) is 7.32. The molecule has 0 saturated heterocycles. The minimum Gasteiger partial charge on any atom is -0.354 e. The number of nitrogens with zero attached hydrogens (tertiary/aromatic N) is 1. The summed E-state index contributed by atoms with van der Waals surface area (Å²) >= 11 is 0. The standard InChI is InChI=1S/C22H19N3O2S/c1-16-6-2-3-10-21(16)28(26,27)25-19-13-11-18(12-14-19)24-20-9-4-7-17-8-5-15-23-22(17)20/h2-15,24-25H,1H3. The molecule has 1 aromatic heterocycles. The van der Waals surface area contributed by atoms with Gasteiger partial charge in [-0.1, -0.05) is 36.4 Å². The van der Waals surface area contributed by atoms with Crippen LogP contribution < -0.4 is 10.0 Å². The van der Waals surface area contributed by atoms with E-state index >= 15 is 0 Å². The molecule has 4 rings (SSSR count). The van der Waals surface area contributed by atoms with Crippen LogP contribution in [0.15, 0.2) is 90.0 Å². The first-order valence-corrected chi connectivity index (χ1v) is 10.3. The third-order valence-electron chi connectivity index (χ3n) is 4.43. The van der Waals surface area contributed by atoms with Gasteiger partial charge in [0.25, 0.3) is 10.0 Å². The van der Waals surface area contributed by atoms with E-state index in [9.17, 15) is 8.42 Å². The molecule has 4 aromatic rings. The number of aromatic nitrogens is 1. The zero-order valence-corrected chi connectivity index (χ0v) is 16.1. The second-order valence-electron chi connectivity index (χ2n) is 6.45. The van der Waals surface area contributed by atoms with Gasteiger partial charge in [0.05, 0.1) is 16.1 Å². The highest BCUT2D eigenvalue weighted by atomic mass is 32.2. The summed E-state index contributed by atoms with van der Waals surface area (Å²) in [4.78, 5) is 4.71. The average Bonchev–Trinajstić information content (AvgIpc) is 2.70. The lowest BCUT2D eigenvalue weighted by Gasteiger charge is -2.12. The van der Waals surface area contributed by atoms with Crippen molar-refractivity contribution in [1.29, 1.82) is 0 Å². The largest absolute Gasteiger partial charge is 0.354 e. The van der Waals surface area contributed by atoms with Crippen LogP contribution in [-0.4, -0.2) is 13.4 Å². The number of sulfonamides is 1. The van der Waals surface area contributed by atoms with Crippen LogP contribution in [0.1, 0.15) is 5.56 Å². The fourth-order valence-electron chi connectivity index (χ4n) is 3.05. The van der Waals surface area contributed by atoms with Crippen LogP contribution in [0.4, 0.5) is 17.1 Å². The maximum absolute atomic E-state index is 12.6. The Hall–Kier alpha value is -3.38. The van der Waals surface area contributed by atoms with Crippen LogP contribution in [0.25, 0.3) is 10.9 Å². The normalized spacial score (nSPS) is 11.3. The van der Waals surface area contributed by atoms with Crippen molar-refractivity contribution in [2.45, 2.75) is 11.8 Å². The Morgan fingerprint density at radius 2 is 1.50 bits per heavy atom. The number of hydrogen-bond acceptors (Lipinski definition) is 4. The van der Waals surface area contributed by atoms with Crippen LogP contribution in [0.5, 0.6) is 0 Å². The number of benzene rings is 3. The van der Waals surface area contributed by atoms with Gasteiger partial charge in [-0.25, -0.2) is 8.42 Å². The molecule has 0 fully saturated rings. The number of aryl methyl sites for hydroxylation is 1. The number of rotatable bonds is 5. The third-order valence-corrected chi connectivity index (χ3v) is 5.97. The van der Waals surface area contributed by atoms with Crippen LogP contribution in [0.3, 0.4) is 0 Å². The first-order valence-electron chi connectivity index (χ1n) is 8.82. The van der Waals surface area contributed by atoms with E-state index in [-0.39, 0.29) is 4.90 Å². The molecule has 0 unspecified atom stereocenters. The summed E-state index contributed by atoms with van der Waals surface area (Å²) in [6.45, 7) is 1.78. The van der Waals surface area contributed by atoms with Gasteiger partial charge in [0.15, 0.2) is 0 Å². The maximum atomic E-state index is 12.6. The van der Waals surface area contributed by atoms with Crippen molar-refractivity contribution in [1.82, 2.24) is 4.98 Å². The van der Waals surface area contributed by atoms with Gasteiger partial charge in [-0.15, -0.1) is 0 Å². The molecule has 0 radical (unpaired) electrons. The van der Waals surface area contributed by atoms with Gasteiger partial charge in [0, 0.05) is 23.0 Å². The number of pyridine rings is 1. The molecule has 0 spiro atoms. The van der Waals surface area contributed by atoms with Crippen LogP contribution in [-0.2, 0) is 10.0 Å². The molecule has 0 amide bonds. The fraction of sp³-hybridized carbons (Fsp3) is 0.0455. The number of fused-ring (bicyclic) bond motifs is 1. The lowest BCUT2D eigenvalue weighted by molar-refractivity contribution is 0.600. The van der Waals surface area contributed by atoms with Crippen LogP contribution in [0.2, 0.25) is 0 Å². The topological polar surface area (TPSA) is 71.1 Å². The van der Waals surface area contributed by atoms with E-state index in [4.69, 9.17) is 0 Å². The van der Waals surface area contributed by atoms with E-state index in [0.717, 1.165) is 22.3 Å². The Labute approximate surface area is 164 Å². The number of hydrogen-bond donors (Lipinski definition) is 2. The lowest BCUT2D eigenvalue weighted by atomic mass is 10.2. The van der Waals surface area contributed by atoms with Crippen molar-refractivity contribution >= 4 is 38.0 Å². The SMILES string of the molecule is Cc1ccccc1S(=O)(=O)Nc1ccc(Nc2cccc3cccnc23)cc1. The molecule has 1 heterocycles. The van der Waals surface area contributed by atoms with Gasteiger partial charge in [0.2, 0.25) is 0 Å². The molecule has 2 N–H and O–H groups in total. The highest BCUT2D eigenvalue weighted by Crippen LogP contribution is 2.26. The number of nitrogens with one attached hydrogen (secondary N) is 2. The first-order chi connectivity index (χ1) is 13.5. The van der Waals surface area contributed by atoms with Gasteiger partial charge >= 0.3 is 0 Å². The third kappa shape index (κ3) is 3.68. The van der Waals surface area contributed by atoms with Gasteiger partial charge < -0.3 is 5.32 Å². The molecule has 0 aliphatic rings. The van der Waals surface area contributed by atoms with Crippen molar-refractivity contribution in [3.8, 4) is 0 Å². The van der Waals surface area contributed by atoms with E-state index in [2.05, 4.69) is 15.0 Å². The molecular weight excluding hydrogens is 370 g/mol. The molecule has 6 heteroatoms. The summed E-state index contributed by atoms with van der Waals surface area (Å²) in [5.41, 5.74) is 3.83. The Morgan fingerprint density at radius 3 is 2.29 bits per heavy atom. The summed E-state index contributed by atoms with van der Waals surface area (Å²) in [5.74, 6) is 0. The molecule has 0 saturated carbocycles. The molecule has 0 bridgehead atoms. The second-order valence-corrected chi connectivity index (χ2v) is 8.10. The number of anilines is 3. The summed E-state index contributed by atoms with van der Waals surface area (Å²) < 4.78 is 27.8. The van der Waals surface area contributed by atoms with E-state index in [1.165, 1.54) is 0 Å². The fourth-order valence-corrected chi connectivity index (χ4v) is 4.36. The summed E-state index contributed by atoms with van der Waals surface area (Å²) in [6, 6.07) is 23.9. The molecule has 0 aliphatic heterocycles. The summed E-state index contributed by atoms with van der Waals surface area (Å²) in [5, 5.41) is 4.39. The predicted molar refractivity (Wildman–Crippen MR) is 113 cm³/mol. The Bertz CT molecular complexity index is 1230. The van der Waals surface area contributed by atoms with Crippen molar-refractivity contribution in [2.75, 3.05) is 10.0 Å². The van der Waals surface area contributed by atoms with Crippen molar-refractivity contribution in [3.05, 3.63) is 90.6 Å². The van der Waals surface area contributed by atoms with Crippen LogP contribution in [0, 0.1) is 6.92 Å². The quantitative estimate of drug-likeness (QED) is 0.499. The van der Waals surface area contributed by atoms with E-state index in [0.29, 0.717) is 11.3 Å². The van der Waals surface area contributed by atoms with Crippen molar-refractivity contribution in [3.63, 3.8) is 0 Å². The Kier molecular flexibility index (Phi) is 4.71. The zero-order valence-electron chi connectivity index (χ0n) is 15.3. The van der Waals surface area contributed by atoms with Crippen LogP contribution >= 0.6 is 0 Å². The highest BCUT2D eigenvalue weighted by Gasteiger charge is 2.16. The van der Waals surface area contributed by atoms with Gasteiger partial charge in [-0.05, 0) is 55.0 Å². The summed E-state index contributed by atoms with van der Waals surface area (Å²) in [7, 11) is -3.62. The summed E-state index contributed by atoms with van der Waals surface area (Å²) in [6.07, 6.45) is 1.76. The minimum atomic E-state index is -3.62. The predicted octanol–water partition coefficient (Wildman–Crippen LogP) is 5.09. The number of para-hydroxylation sites is 1. The lowest BCUT2D eigenvalue weighted by Crippen LogP contribution is -2.14. The first kappa shape index (κ1) is 18.0. The molecule has 140 valence electrons. The van der Waals surface area contributed by atoms with Gasteiger partial charge in [-0.3, -0.25) is 9.71 Å². The van der Waals surface area contributed by atoms with Gasteiger partial charge in [0.1, 0.15) is 0 Å². The molecule has 28 heavy (non-hydrogen) atoms. The van der Waals surface area contributed by atoms with Crippen molar-refractivity contribution < 1.29 is 8.42 Å². The monoisotopic (exact) mass is 389 g/mol. The zero-order chi connectivity index (χ0) is 19.6. The van der Waals surface area contributed by atoms with E-state index < -0.39 is 10.0 Å². The average molecular weight is 389 g/mol. The molecule has 0 atom stereocenters. The molecule has 0 aliphatic carbocycles. The highest BCUT2D eigenvalue weighted by molar-refractivity contribution is 7.92. The van der Waals surface area contributed by atoms with Crippen molar-refractivity contribution in [2.24, 2.45) is 0 Å². The maximum Gasteiger partial charge on any atom is 0.262 e. The Morgan fingerprint density at radius 1 is 0.786 bits per heavy atom. The van der Waals surface area contributed by atoms with E-state index in [1.807, 2.05) is 48.5 Å². The van der Waals surface area contributed by atoms with Gasteiger partial charge in [-0.2, -0.15) is 0 Å². The smallest absolute Gasteiger partial charge is 0.262 e. The molecular formula is C22H19N3O2S.